The molecule has 2 rings (SSSR count). The quantitative estimate of drug-likeness (QED) is 0.471. The summed E-state index contributed by atoms with van der Waals surface area (Å²) in [7, 11) is 0. The van der Waals surface area contributed by atoms with Gasteiger partial charge in [0.25, 0.3) is 0 Å². The second-order valence-electron chi connectivity index (χ2n) is 3.23. The standard InChI is InChI=1S/C10H7N3O4/c14-8-4-2-1-3-6(8)10(15)9-7(13(16)17)5-11-12-9/h1-5,14H,(H,11,12). The second-order valence-corrected chi connectivity index (χ2v) is 3.23. The molecule has 0 aliphatic rings. The van der Waals surface area contributed by atoms with E-state index < -0.39 is 16.4 Å². The Morgan fingerprint density at radius 1 is 1.41 bits per heavy atom. The topological polar surface area (TPSA) is 109 Å². The van der Waals surface area contributed by atoms with Gasteiger partial charge >= 0.3 is 5.69 Å². The SMILES string of the molecule is O=C(c1ccccc1O)c1[nH]ncc1[N+](=O)[O-]. The van der Waals surface area contributed by atoms with E-state index in [4.69, 9.17) is 0 Å². The van der Waals surface area contributed by atoms with E-state index in [1.807, 2.05) is 0 Å². The number of rotatable bonds is 3. The van der Waals surface area contributed by atoms with Crippen LogP contribution in [0.25, 0.3) is 0 Å². The van der Waals surface area contributed by atoms with Gasteiger partial charge in [-0.25, -0.2) is 0 Å². The number of ketones is 1. The molecule has 2 N–H and O–H groups in total. The number of nitrogens with zero attached hydrogens (tertiary/aromatic N) is 2. The molecule has 0 amide bonds. The van der Waals surface area contributed by atoms with E-state index >= 15 is 0 Å². The van der Waals surface area contributed by atoms with E-state index in [1.165, 1.54) is 12.1 Å². The van der Waals surface area contributed by atoms with Gasteiger partial charge in [0.15, 0.2) is 5.69 Å². The van der Waals surface area contributed by atoms with Crippen molar-refractivity contribution in [3.63, 3.8) is 0 Å². The average Bonchev–Trinajstić information content (AvgIpc) is 2.77. The van der Waals surface area contributed by atoms with Crippen molar-refractivity contribution in [3.8, 4) is 5.75 Å². The summed E-state index contributed by atoms with van der Waals surface area (Å²) in [6, 6.07) is 5.81. The van der Waals surface area contributed by atoms with Crippen LogP contribution in [0.3, 0.4) is 0 Å². The lowest BCUT2D eigenvalue weighted by molar-refractivity contribution is -0.385. The third-order valence-electron chi connectivity index (χ3n) is 2.19. The minimum atomic E-state index is -0.712. The van der Waals surface area contributed by atoms with Crippen molar-refractivity contribution in [3.05, 3.63) is 51.8 Å². The fraction of sp³-hybridized carbons (Fsp3) is 0. The Kier molecular flexibility index (Phi) is 2.57. The summed E-state index contributed by atoms with van der Waals surface area (Å²) in [5.41, 5.74) is -0.686. The first kappa shape index (κ1) is 10.8. The molecule has 1 aromatic carbocycles. The highest BCUT2D eigenvalue weighted by molar-refractivity contribution is 6.11. The maximum absolute atomic E-state index is 11.9. The summed E-state index contributed by atoms with van der Waals surface area (Å²) >= 11 is 0. The van der Waals surface area contributed by atoms with Gasteiger partial charge in [0.1, 0.15) is 11.9 Å². The molecule has 0 aliphatic heterocycles. The molecule has 1 aromatic heterocycles. The Bertz CT molecular complexity index is 591. The lowest BCUT2D eigenvalue weighted by Crippen LogP contribution is -2.05. The van der Waals surface area contributed by atoms with Gasteiger partial charge in [-0.1, -0.05) is 12.1 Å². The molecule has 1 heterocycles. The Morgan fingerprint density at radius 2 is 2.12 bits per heavy atom. The van der Waals surface area contributed by atoms with Gasteiger partial charge in [0.2, 0.25) is 5.78 Å². The molecule has 0 atom stereocenters. The minimum Gasteiger partial charge on any atom is -0.507 e. The van der Waals surface area contributed by atoms with Crippen molar-refractivity contribution in [2.45, 2.75) is 0 Å². The van der Waals surface area contributed by atoms with E-state index in [9.17, 15) is 20.0 Å². The molecule has 86 valence electrons. The average molecular weight is 233 g/mol. The molecule has 0 bridgehead atoms. The molecular weight excluding hydrogens is 226 g/mol. The molecule has 2 aromatic rings. The van der Waals surface area contributed by atoms with Crippen LogP contribution >= 0.6 is 0 Å². The van der Waals surface area contributed by atoms with Crippen molar-refractivity contribution < 1.29 is 14.8 Å². The van der Waals surface area contributed by atoms with Gasteiger partial charge in [-0.3, -0.25) is 20.0 Å². The first-order valence-corrected chi connectivity index (χ1v) is 4.61. The van der Waals surface area contributed by atoms with Crippen molar-refractivity contribution in [2.24, 2.45) is 0 Å². The number of carbonyl (C=O) groups is 1. The van der Waals surface area contributed by atoms with Crippen LogP contribution in [0.2, 0.25) is 0 Å². The second kappa shape index (κ2) is 4.05. The van der Waals surface area contributed by atoms with Crippen LogP contribution in [-0.2, 0) is 0 Å². The minimum absolute atomic E-state index is 0.0140. The molecule has 7 nitrogen and oxygen atoms in total. The number of aromatic hydroxyl groups is 1. The molecule has 0 saturated carbocycles. The van der Waals surface area contributed by atoms with E-state index in [0.29, 0.717) is 0 Å². The maximum Gasteiger partial charge on any atom is 0.318 e. The predicted molar refractivity (Wildman–Crippen MR) is 56.8 cm³/mol. The Labute approximate surface area is 94.9 Å². The lowest BCUT2D eigenvalue weighted by Gasteiger charge is -2.00. The number of carbonyl (C=O) groups excluding carboxylic acids is 1. The monoisotopic (exact) mass is 233 g/mol. The van der Waals surface area contributed by atoms with Gasteiger partial charge in [-0.2, -0.15) is 5.10 Å². The summed E-state index contributed by atoms with van der Waals surface area (Å²) in [4.78, 5) is 21.8. The zero-order valence-electron chi connectivity index (χ0n) is 8.45. The van der Waals surface area contributed by atoms with Gasteiger partial charge in [0.05, 0.1) is 10.5 Å². The number of aromatic nitrogens is 2. The highest BCUT2D eigenvalue weighted by Gasteiger charge is 2.25. The Balaban J connectivity index is 2.48. The zero-order valence-corrected chi connectivity index (χ0v) is 8.45. The number of hydrogen-bond donors (Lipinski definition) is 2. The van der Waals surface area contributed by atoms with E-state index in [1.54, 1.807) is 12.1 Å². The number of nitro groups is 1. The predicted octanol–water partition coefficient (Wildman–Crippen LogP) is 1.25. The fourth-order valence-electron chi connectivity index (χ4n) is 1.39. The van der Waals surface area contributed by atoms with Crippen LogP contribution in [-0.4, -0.2) is 26.0 Å². The smallest absolute Gasteiger partial charge is 0.318 e. The number of hydrogen-bond acceptors (Lipinski definition) is 5. The van der Waals surface area contributed by atoms with Crippen LogP contribution < -0.4 is 0 Å². The fourth-order valence-corrected chi connectivity index (χ4v) is 1.39. The van der Waals surface area contributed by atoms with Crippen molar-refractivity contribution in [2.75, 3.05) is 0 Å². The highest BCUT2D eigenvalue weighted by atomic mass is 16.6. The summed E-state index contributed by atoms with van der Waals surface area (Å²) < 4.78 is 0. The van der Waals surface area contributed by atoms with Crippen molar-refractivity contribution in [1.29, 1.82) is 0 Å². The number of para-hydroxylation sites is 1. The first-order chi connectivity index (χ1) is 8.11. The zero-order chi connectivity index (χ0) is 12.4. The van der Waals surface area contributed by atoms with E-state index in [-0.39, 0.29) is 17.0 Å². The molecule has 0 spiro atoms. The Hall–Kier alpha value is -2.70. The van der Waals surface area contributed by atoms with E-state index in [2.05, 4.69) is 10.2 Å². The first-order valence-electron chi connectivity index (χ1n) is 4.61. The van der Waals surface area contributed by atoms with Gasteiger partial charge in [-0.15, -0.1) is 0 Å². The van der Waals surface area contributed by atoms with E-state index in [0.717, 1.165) is 6.20 Å². The molecule has 0 saturated heterocycles. The van der Waals surface area contributed by atoms with Crippen LogP contribution in [0, 0.1) is 10.1 Å². The third kappa shape index (κ3) is 1.85. The summed E-state index contributed by atoms with van der Waals surface area (Å²) in [6.45, 7) is 0. The molecule has 0 unspecified atom stereocenters. The maximum atomic E-state index is 11.9. The number of phenols is 1. The molecule has 17 heavy (non-hydrogen) atoms. The molecule has 0 aliphatic carbocycles. The summed E-state index contributed by atoms with van der Waals surface area (Å²) in [6.07, 6.45) is 0.952. The number of benzene rings is 1. The van der Waals surface area contributed by atoms with Gasteiger partial charge < -0.3 is 5.11 Å². The van der Waals surface area contributed by atoms with Gasteiger partial charge in [0, 0.05) is 0 Å². The molecular formula is C10H7N3O4. The van der Waals surface area contributed by atoms with Crippen LogP contribution in [0.15, 0.2) is 30.5 Å². The number of nitrogens with one attached hydrogen (secondary N) is 1. The van der Waals surface area contributed by atoms with Crippen molar-refractivity contribution >= 4 is 11.5 Å². The molecule has 7 heteroatoms. The number of aromatic amines is 1. The van der Waals surface area contributed by atoms with Crippen molar-refractivity contribution in [1.82, 2.24) is 10.2 Å². The highest BCUT2D eigenvalue weighted by Crippen LogP contribution is 2.23. The third-order valence-corrected chi connectivity index (χ3v) is 2.19. The van der Waals surface area contributed by atoms with Crippen LogP contribution in [0.1, 0.15) is 16.1 Å². The molecule has 0 fully saturated rings. The number of H-pyrrole nitrogens is 1. The summed E-state index contributed by atoms with van der Waals surface area (Å²) in [5.74, 6) is -0.909. The summed E-state index contributed by atoms with van der Waals surface area (Å²) in [5, 5.41) is 25.8. The molecule has 0 radical (unpaired) electrons. The largest absolute Gasteiger partial charge is 0.507 e. The normalized spacial score (nSPS) is 10.1. The van der Waals surface area contributed by atoms with Gasteiger partial charge in [-0.05, 0) is 12.1 Å². The Morgan fingerprint density at radius 3 is 2.76 bits per heavy atom. The lowest BCUT2D eigenvalue weighted by atomic mass is 10.1. The number of phenolic OH excluding ortho intramolecular Hbond substituents is 1. The van der Waals surface area contributed by atoms with Crippen LogP contribution in [0.4, 0.5) is 5.69 Å². The van der Waals surface area contributed by atoms with Crippen LogP contribution in [0.5, 0.6) is 5.75 Å².